The molecule has 0 spiro atoms. The molecular weight excluding hydrogens is 741 g/mol. The molecule has 0 amide bonds. The van der Waals surface area contributed by atoms with Crippen molar-refractivity contribution in [2.45, 2.75) is 32.1 Å². The van der Waals surface area contributed by atoms with Crippen molar-refractivity contribution in [2.75, 3.05) is 0 Å². The molecule has 286 valence electrons. The first-order valence-electron chi connectivity index (χ1n) is 21.3. The Bertz CT molecular complexity index is 3290. The van der Waals surface area contributed by atoms with Gasteiger partial charge < -0.3 is 9.13 Å². The van der Waals surface area contributed by atoms with Crippen molar-refractivity contribution < 1.29 is 0 Å². The van der Waals surface area contributed by atoms with Gasteiger partial charge >= 0.3 is 0 Å². The molecule has 8 aromatic carbocycles. The fourth-order valence-corrected chi connectivity index (χ4v) is 15.8. The standard InChI is InChI=1S/C57H44N2Si/c1-57(2)51-30-15-12-27-45(51)49-37-50-47-29-14-17-32-54(47)59(56(50)38-52(49)57)40-21-18-26-43(35-40)60(41-22-8-4-9-23-41,42-24-10-5-11-25-42)44-33-34-48-46-28-13-16-31-53(46)58(55(48)36-44)39-19-6-3-7-20-39/h3-16,18-31,33-38H,17,32H2,1-2H3. The van der Waals surface area contributed by atoms with Gasteiger partial charge in [0, 0.05) is 44.2 Å². The number of nitrogens with zero attached hydrogens (tertiary/aromatic N) is 2. The molecule has 0 saturated carbocycles. The zero-order valence-corrected chi connectivity index (χ0v) is 34.9. The van der Waals surface area contributed by atoms with Crippen LogP contribution in [0.4, 0.5) is 0 Å². The van der Waals surface area contributed by atoms with Crippen LogP contribution in [0.25, 0.3) is 61.3 Å². The van der Waals surface area contributed by atoms with Gasteiger partial charge in [-0.25, -0.2) is 0 Å². The predicted octanol–water partition coefficient (Wildman–Crippen LogP) is 11.4. The summed E-state index contributed by atoms with van der Waals surface area (Å²) in [5.74, 6) is 0. The minimum Gasteiger partial charge on any atom is -0.313 e. The Morgan fingerprint density at radius 2 is 1.05 bits per heavy atom. The molecule has 2 aromatic heterocycles. The van der Waals surface area contributed by atoms with E-state index in [0.717, 1.165) is 12.8 Å². The summed E-state index contributed by atoms with van der Waals surface area (Å²) >= 11 is 0. The highest BCUT2D eigenvalue weighted by Crippen LogP contribution is 2.51. The molecule has 3 heteroatoms. The summed E-state index contributed by atoms with van der Waals surface area (Å²) in [5.41, 5.74) is 14.4. The van der Waals surface area contributed by atoms with Crippen LogP contribution < -0.4 is 20.7 Å². The van der Waals surface area contributed by atoms with Gasteiger partial charge in [-0.15, -0.1) is 0 Å². The molecule has 0 N–H and O–H groups in total. The molecule has 0 bridgehead atoms. The lowest BCUT2D eigenvalue weighted by Gasteiger charge is -2.35. The Morgan fingerprint density at radius 3 is 1.83 bits per heavy atom. The Balaban J connectivity index is 1.15. The number of allylic oxidation sites excluding steroid dienone is 1. The van der Waals surface area contributed by atoms with Crippen molar-refractivity contribution >= 4 is 67.6 Å². The van der Waals surface area contributed by atoms with E-state index in [1.807, 2.05) is 0 Å². The molecule has 0 atom stereocenters. The molecule has 2 nitrogen and oxygen atoms in total. The zero-order chi connectivity index (χ0) is 40.0. The van der Waals surface area contributed by atoms with E-state index < -0.39 is 8.07 Å². The van der Waals surface area contributed by atoms with Crippen LogP contribution >= 0.6 is 0 Å². The van der Waals surface area contributed by atoms with E-state index in [9.17, 15) is 0 Å². The third-order valence-corrected chi connectivity index (χ3v) is 18.5. The molecular formula is C57H44N2Si. The van der Waals surface area contributed by atoms with E-state index >= 15 is 0 Å². The van der Waals surface area contributed by atoms with E-state index in [4.69, 9.17) is 0 Å². The monoisotopic (exact) mass is 784 g/mol. The Morgan fingerprint density at radius 1 is 0.433 bits per heavy atom. The second kappa shape index (κ2) is 13.3. The number of para-hydroxylation sites is 2. The smallest absolute Gasteiger partial charge is 0.179 e. The summed E-state index contributed by atoms with van der Waals surface area (Å²) in [6, 6.07) is 73.5. The quantitative estimate of drug-likeness (QED) is 0.117. The minimum atomic E-state index is -2.96. The first-order chi connectivity index (χ1) is 29.5. The van der Waals surface area contributed by atoms with Crippen LogP contribution in [0.5, 0.6) is 0 Å². The Labute approximate surface area is 352 Å². The number of benzene rings is 8. The fraction of sp³-hybridized carbons (Fsp3) is 0.0877. The van der Waals surface area contributed by atoms with Crippen LogP contribution in [-0.2, 0) is 11.8 Å². The van der Waals surface area contributed by atoms with Gasteiger partial charge in [0.05, 0.1) is 16.6 Å². The van der Waals surface area contributed by atoms with E-state index in [2.05, 4.69) is 229 Å². The summed E-state index contributed by atoms with van der Waals surface area (Å²) in [5, 5.41) is 9.36. The maximum atomic E-state index is 2.61. The molecule has 2 aliphatic carbocycles. The average Bonchev–Trinajstić information content (AvgIpc) is 3.89. The minimum absolute atomic E-state index is 0.0864. The topological polar surface area (TPSA) is 9.86 Å². The van der Waals surface area contributed by atoms with E-state index in [0.29, 0.717) is 0 Å². The van der Waals surface area contributed by atoms with Gasteiger partial charge in [0.1, 0.15) is 0 Å². The lowest BCUT2D eigenvalue weighted by molar-refractivity contribution is 0.661. The van der Waals surface area contributed by atoms with Crippen LogP contribution in [0.2, 0.25) is 0 Å². The van der Waals surface area contributed by atoms with Crippen molar-refractivity contribution in [3.63, 3.8) is 0 Å². The highest BCUT2D eigenvalue weighted by molar-refractivity contribution is 7.20. The predicted molar refractivity (Wildman–Crippen MR) is 256 cm³/mol. The normalized spacial score (nSPS) is 14.1. The van der Waals surface area contributed by atoms with Crippen molar-refractivity contribution in [3.8, 4) is 22.5 Å². The second-order valence-electron chi connectivity index (χ2n) is 17.2. The first kappa shape index (κ1) is 35.0. The van der Waals surface area contributed by atoms with Crippen LogP contribution in [0, 0.1) is 0 Å². The molecule has 0 aliphatic heterocycles. The number of aromatic nitrogens is 2. The van der Waals surface area contributed by atoms with Gasteiger partial charge in [-0.3, -0.25) is 0 Å². The van der Waals surface area contributed by atoms with Crippen molar-refractivity contribution in [2.24, 2.45) is 0 Å². The summed E-state index contributed by atoms with van der Waals surface area (Å²) in [7, 11) is -2.96. The highest BCUT2D eigenvalue weighted by atomic mass is 28.3. The maximum absolute atomic E-state index is 2.96. The third-order valence-electron chi connectivity index (χ3n) is 13.7. The van der Waals surface area contributed by atoms with Crippen LogP contribution in [0.15, 0.2) is 200 Å². The molecule has 0 fully saturated rings. The van der Waals surface area contributed by atoms with Crippen molar-refractivity contribution in [3.05, 3.63) is 223 Å². The molecule has 2 aliphatic rings. The fourth-order valence-electron chi connectivity index (χ4n) is 11.0. The number of hydrogen-bond acceptors (Lipinski definition) is 0. The van der Waals surface area contributed by atoms with Gasteiger partial charge in [-0.2, -0.15) is 0 Å². The largest absolute Gasteiger partial charge is 0.313 e. The van der Waals surface area contributed by atoms with E-state index in [1.54, 1.807) is 0 Å². The van der Waals surface area contributed by atoms with Gasteiger partial charge in [0.15, 0.2) is 8.07 Å². The van der Waals surface area contributed by atoms with Crippen molar-refractivity contribution in [1.29, 1.82) is 0 Å². The molecule has 0 unspecified atom stereocenters. The second-order valence-corrected chi connectivity index (χ2v) is 21.0. The SMILES string of the molecule is CC1(C)c2ccccc2-c2cc3c4c(n(-c5cccc([Si](c6ccccc6)(c6ccccc6)c6ccc7c8ccccc8n(-c8ccccc8)c7c6)c5)c3cc21)CCC=C4. The van der Waals surface area contributed by atoms with E-state index in [1.165, 1.54) is 98.3 Å². The summed E-state index contributed by atoms with van der Waals surface area (Å²) in [6.45, 7) is 4.79. The lowest BCUT2D eigenvalue weighted by atomic mass is 9.82. The third kappa shape index (κ3) is 4.93. The van der Waals surface area contributed by atoms with Gasteiger partial charge in [0.25, 0.3) is 0 Å². The highest BCUT2D eigenvalue weighted by Gasteiger charge is 2.42. The van der Waals surface area contributed by atoms with Crippen LogP contribution in [-0.4, -0.2) is 17.2 Å². The van der Waals surface area contributed by atoms with E-state index in [-0.39, 0.29) is 5.41 Å². The lowest BCUT2D eigenvalue weighted by Crippen LogP contribution is -2.74. The van der Waals surface area contributed by atoms with Gasteiger partial charge in [-0.1, -0.05) is 172 Å². The molecule has 2 heterocycles. The summed E-state index contributed by atoms with van der Waals surface area (Å²) in [4.78, 5) is 0. The Kier molecular flexibility index (Phi) is 7.76. The number of fused-ring (bicyclic) bond motifs is 9. The molecule has 0 radical (unpaired) electrons. The molecule has 10 aromatic rings. The molecule has 0 saturated heterocycles. The van der Waals surface area contributed by atoms with Crippen LogP contribution in [0.3, 0.4) is 0 Å². The number of rotatable bonds is 6. The first-order valence-corrected chi connectivity index (χ1v) is 23.3. The molecule has 60 heavy (non-hydrogen) atoms. The number of hydrogen-bond donors (Lipinski definition) is 0. The summed E-state index contributed by atoms with van der Waals surface area (Å²) < 4.78 is 5.08. The average molecular weight is 785 g/mol. The molecule has 12 rings (SSSR count). The maximum Gasteiger partial charge on any atom is 0.179 e. The summed E-state index contributed by atoms with van der Waals surface area (Å²) in [6.07, 6.45) is 6.80. The zero-order valence-electron chi connectivity index (χ0n) is 33.9. The van der Waals surface area contributed by atoms with Crippen molar-refractivity contribution in [1.82, 2.24) is 9.13 Å². The van der Waals surface area contributed by atoms with Gasteiger partial charge in [0.2, 0.25) is 0 Å². The van der Waals surface area contributed by atoms with Gasteiger partial charge in [-0.05, 0) is 104 Å². The van der Waals surface area contributed by atoms with Crippen LogP contribution in [0.1, 0.15) is 42.7 Å². The Hall–Kier alpha value is -6.94.